The predicted octanol–water partition coefficient (Wildman–Crippen LogP) is 0.428. The fourth-order valence-corrected chi connectivity index (χ4v) is 2.13. The van der Waals surface area contributed by atoms with Crippen LogP contribution in [0.15, 0.2) is 0 Å². The number of hydrogen-bond acceptors (Lipinski definition) is 3. The van der Waals surface area contributed by atoms with E-state index < -0.39 is 0 Å². The van der Waals surface area contributed by atoms with Gasteiger partial charge in [-0.3, -0.25) is 4.90 Å². The van der Waals surface area contributed by atoms with Gasteiger partial charge in [0, 0.05) is 31.8 Å². The summed E-state index contributed by atoms with van der Waals surface area (Å²) in [6.45, 7) is 7.52. The van der Waals surface area contributed by atoms with E-state index in [-0.39, 0.29) is 12.1 Å². The fourth-order valence-electron chi connectivity index (χ4n) is 2.13. The summed E-state index contributed by atoms with van der Waals surface area (Å²) >= 11 is 0. The zero-order chi connectivity index (χ0) is 9.90. The molecule has 0 aromatic carbocycles. The molecule has 0 radical (unpaired) electrons. The van der Waals surface area contributed by atoms with Crippen molar-refractivity contribution in [2.75, 3.05) is 26.2 Å². The van der Waals surface area contributed by atoms with Crippen LogP contribution in [0.5, 0.6) is 0 Å². The molecule has 0 saturated carbocycles. The van der Waals surface area contributed by atoms with Gasteiger partial charge in [0.25, 0.3) is 0 Å². The highest BCUT2D eigenvalue weighted by Crippen LogP contribution is 2.23. The Morgan fingerprint density at radius 1 is 1.54 bits per heavy atom. The molecule has 1 rings (SSSR count). The van der Waals surface area contributed by atoms with Gasteiger partial charge in [-0.05, 0) is 12.3 Å². The van der Waals surface area contributed by atoms with Crippen molar-refractivity contribution in [1.82, 2.24) is 4.90 Å². The summed E-state index contributed by atoms with van der Waals surface area (Å²) in [6, 6.07) is 0. The molecule has 0 aromatic rings. The third kappa shape index (κ3) is 2.93. The summed E-state index contributed by atoms with van der Waals surface area (Å²) in [6.07, 6.45) is 2.29. The third-order valence-corrected chi connectivity index (χ3v) is 2.71. The van der Waals surface area contributed by atoms with Crippen molar-refractivity contribution in [1.29, 1.82) is 0 Å². The molecule has 1 saturated heterocycles. The van der Waals surface area contributed by atoms with Crippen molar-refractivity contribution in [2.45, 2.75) is 32.2 Å². The fraction of sp³-hybridized carbons (Fsp3) is 1.00. The molecule has 1 heterocycles. The topological polar surface area (TPSA) is 49.5 Å². The highest BCUT2D eigenvalue weighted by atomic mass is 16.3. The summed E-state index contributed by atoms with van der Waals surface area (Å²) in [5, 5.41) is 8.88. The largest absolute Gasteiger partial charge is 0.396 e. The lowest BCUT2D eigenvalue weighted by atomic mass is 9.86. The molecule has 78 valence electrons. The number of nitrogens with two attached hydrogens (primary N) is 1. The summed E-state index contributed by atoms with van der Waals surface area (Å²) < 4.78 is 0. The maximum atomic E-state index is 8.88. The summed E-state index contributed by atoms with van der Waals surface area (Å²) in [5.74, 6) is 0.381. The van der Waals surface area contributed by atoms with Gasteiger partial charge in [0.05, 0.1) is 0 Å². The molecule has 1 aliphatic heterocycles. The molecule has 3 heteroatoms. The van der Waals surface area contributed by atoms with E-state index in [1.54, 1.807) is 0 Å². The first-order valence-electron chi connectivity index (χ1n) is 5.22. The van der Waals surface area contributed by atoms with Crippen molar-refractivity contribution < 1.29 is 5.11 Å². The second kappa shape index (κ2) is 4.40. The third-order valence-electron chi connectivity index (χ3n) is 2.71. The van der Waals surface area contributed by atoms with Gasteiger partial charge in [-0.1, -0.05) is 20.3 Å². The lowest BCUT2D eigenvalue weighted by Gasteiger charge is -2.48. The van der Waals surface area contributed by atoms with Gasteiger partial charge in [0.2, 0.25) is 0 Å². The molecule has 1 atom stereocenters. The predicted molar refractivity (Wildman–Crippen MR) is 54.5 cm³/mol. The molecule has 0 amide bonds. The maximum absolute atomic E-state index is 8.88. The lowest BCUT2D eigenvalue weighted by Crippen LogP contribution is -2.67. The first-order valence-corrected chi connectivity index (χ1v) is 5.22. The Hall–Kier alpha value is -0.120. The van der Waals surface area contributed by atoms with Crippen LogP contribution in [0.25, 0.3) is 0 Å². The Balaban J connectivity index is 2.17. The van der Waals surface area contributed by atoms with E-state index in [1.165, 1.54) is 6.42 Å². The first kappa shape index (κ1) is 11.0. The Morgan fingerprint density at radius 3 is 2.62 bits per heavy atom. The standard InChI is InChI=1S/C10H22N2O/c1-3-4-10(11)7-12(8-10)5-9(2)6-13/h9,13H,3-8,11H2,1-2H3. The zero-order valence-electron chi connectivity index (χ0n) is 8.79. The highest BCUT2D eigenvalue weighted by Gasteiger charge is 2.38. The smallest absolute Gasteiger partial charge is 0.0468 e. The summed E-state index contributed by atoms with van der Waals surface area (Å²) in [4.78, 5) is 2.33. The Morgan fingerprint density at radius 2 is 2.15 bits per heavy atom. The minimum absolute atomic E-state index is 0.0733. The molecule has 3 N–H and O–H groups in total. The molecule has 1 fully saturated rings. The van der Waals surface area contributed by atoms with Gasteiger partial charge in [0.15, 0.2) is 0 Å². The molecule has 1 aliphatic rings. The van der Waals surface area contributed by atoms with Crippen LogP contribution in [0.1, 0.15) is 26.7 Å². The van der Waals surface area contributed by atoms with Gasteiger partial charge in [-0.25, -0.2) is 0 Å². The van der Waals surface area contributed by atoms with Gasteiger partial charge < -0.3 is 10.8 Å². The summed E-state index contributed by atoms with van der Waals surface area (Å²) in [7, 11) is 0. The second-order valence-corrected chi connectivity index (χ2v) is 4.57. The minimum atomic E-state index is 0.0733. The highest BCUT2D eigenvalue weighted by molar-refractivity contribution is 4.99. The first-order chi connectivity index (χ1) is 6.09. The molecule has 1 unspecified atom stereocenters. The zero-order valence-corrected chi connectivity index (χ0v) is 8.79. The van der Waals surface area contributed by atoms with E-state index in [1.807, 2.05) is 0 Å². The number of hydrogen-bond donors (Lipinski definition) is 2. The monoisotopic (exact) mass is 186 g/mol. The van der Waals surface area contributed by atoms with Crippen LogP contribution < -0.4 is 5.73 Å². The normalized spacial score (nSPS) is 24.0. The number of nitrogens with zero attached hydrogens (tertiary/aromatic N) is 1. The van der Waals surface area contributed by atoms with Gasteiger partial charge >= 0.3 is 0 Å². The van der Waals surface area contributed by atoms with Gasteiger partial charge in [0.1, 0.15) is 0 Å². The molecule has 13 heavy (non-hydrogen) atoms. The maximum Gasteiger partial charge on any atom is 0.0468 e. The number of rotatable bonds is 5. The van der Waals surface area contributed by atoms with Crippen LogP contribution in [0.4, 0.5) is 0 Å². The molecule has 0 aliphatic carbocycles. The summed E-state index contributed by atoms with van der Waals surface area (Å²) in [5.41, 5.74) is 6.19. The van der Waals surface area contributed by atoms with Crippen LogP contribution in [-0.2, 0) is 0 Å². The van der Waals surface area contributed by atoms with E-state index in [4.69, 9.17) is 10.8 Å². The van der Waals surface area contributed by atoms with E-state index in [0.29, 0.717) is 5.92 Å². The Kier molecular flexibility index (Phi) is 3.71. The molecular formula is C10H22N2O. The van der Waals surface area contributed by atoms with Crippen molar-refractivity contribution in [2.24, 2.45) is 11.7 Å². The van der Waals surface area contributed by atoms with E-state index in [0.717, 1.165) is 26.1 Å². The Labute approximate surface area is 80.9 Å². The SMILES string of the molecule is CCCC1(N)CN(CC(C)CO)C1. The average Bonchev–Trinajstić information content (AvgIpc) is 2.02. The van der Waals surface area contributed by atoms with E-state index >= 15 is 0 Å². The van der Waals surface area contributed by atoms with Gasteiger partial charge in [-0.15, -0.1) is 0 Å². The Bertz CT molecular complexity index is 155. The molecular weight excluding hydrogens is 164 g/mol. The van der Waals surface area contributed by atoms with Crippen molar-refractivity contribution >= 4 is 0 Å². The van der Waals surface area contributed by atoms with E-state index in [2.05, 4.69) is 18.7 Å². The number of aliphatic hydroxyl groups excluding tert-OH is 1. The number of aliphatic hydroxyl groups is 1. The van der Waals surface area contributed by atoms with Crippen LogP contribution in [-0.4, -0.2) is 41.8 Å². The molecule has 3 nitrogen and oxygen atoms in total. The lowest BCUT2D eigenvalue weighted by molar-refractivity contribution is 0.0418. The molecule has 0 spiro atoms. The van der Waals surface area contributed by atoms with Crippen molar-refractivity contribution in [3.63, 3.8) is 0 Å². The van der Waals surface area contributed by atoms with Crippen LogP contribution in [0.2, 0.25) is 0 Å². The van der Waals surface area contributed by atoms with Crippen LogP contribution >= 0.6 is 0 Å². The van der Waals surface area contributed by atoms with Gasteiger partial charge in [-0.2, -0.15) is 0 Å². The van der Waals surface area contributed by atoms with Crippen molar-refractivity contribution in [3.05, 3.63) is 0 Å². The molecule has 0 aromatic heterocycles. The number of likely N-dealkylation sites (tertiary alicyclic amines) is 1. The minimum Gasteiger partial charge on any atom is -0.396 e. The second-order valence-electron chi connectivity index (χ2n) is 4.57. The van der Waals surface area contributed by atoms with Crippen molar-refractivity contribution in [3.8, 4) is 0 Å². The van der Waals surface area contributed by atoms with E-state index in [9.17, 15) is 0 Å². The van der Waals surface area contributed by atoms with Crippen LogP contribution in [0.3, 0.4) is 0 Å². The molecule has 0 bridgehead atoms. The average molecular weight is 186 g/mol. The quantitative estimate of drug-likeness (QED) is 0.654. The van der Waals surface area contributed by atoms with Crippen LogP contribution in [0, 0.1) is 5.92 Å².